The van der Waals surface area contributed by atoms with Gasteiger partial charge in [-0.25, -0.2) is 5.43 Å². The van der Waals surface area contributed by atoms with Crippen molar-refractivity contribution in [3.05, 3.63) is 29.8 Å². The largest absolute Gasteiger partial charge is 0.317 e. The monoisotopic (exact) mass is 277 g/mol. The van der Waals surface area contributed by atoms with Crippen molar-refractivity contribution in [2.45, 2.75) is 13.3 Å². The fourth-order valence-corrected chi connectivity index (χ4v) is 2.12. The predicted octanol–water partition coefficient (Wildman–Crippen LogP) is 2.44. The molecule has 5 nitrogen and oxygen atoms in total. The highest BCUT2D eigenvalue weighted by molar-refractivity contribution is 8.13. The first-order valence-electron chi connectivity index (χ1n) is 5.92. The molecule has 100 valence electrons. The molecule has 2 amide bonds. The molecule has 2 rings (SSSR count). The van der Waals surface area contributed by atoms with Crippen LogP contribution in [0.3, 0.4) is 0 Å². The van der Waals surface area contributed by atoms with Crippen molar-refractivity contribution in [1.29, 1.82) is 0 Å². The van der Waals surface area contributed by atoms with E-state index in [1.54, 1.807) is 6.26 Å². The van der Waals surface area contributed by atoms with Gasteiger partial charge in [0.25, 0.3) is 5.24 Å². The standard InChI is InChI=1S/C13H15N3O2S/c1-8-7-11(17)15-16-12(8)9-3-5-10(6-4-9)14-13(18)19-2/h3-6,8H,7H2,1-2H3,(H,14,18)(H,15,17). The predicted molar refractivity (Wildman–Crippen MR) is 77.4 cm³/mol. The first-order valence-corrected chi connectivity index (χ1v) is 7.14. The maximum Gasteiger partial charge on any atom is 0.283 e. The lowest BCUT2D eigenvalue weighted by Crippen LogP contribution is -2.31. The second kappa shape index (κ2) is 5.88. The number of thioether (sulfide) groups is 1. The summed E-state index contributed by atoms with van der Waals surface area (Å²) in [6.45, 7) is 1.97. The quantitative estimate of drug-likeness (QED) is 0.872. The zero-order valence-electron chi connectivity index (χ0n) is 10.8. The molecular weight excluding hydrogens is 262 g/mol. The van der Waals surface area contributed by atoms with Gasteiger partial charge in [-0.2, -0.15) is 5.10 Å². The molecule has 1 aliphatic rings. The highest BCUT2D eigenvalue weighted by atomic mass is 32.2. The summed E-state index contributed by atoms with van der Waals surface area (Å²) in [5, 5.41) is 6.75. The van der Waals surface area contributed by atoms with Crippen LogP contribution in [0.25, 0.3) is 0 Å². The van der Waals surface area contributed by atoms with Crippen LogP contribution >= 0.6 is 11.8 Å². The minimum atomic E-state index is -0.0941. The topological polar surface area (TPSA) is 70.6 Å². The number of benzene rings is 1. The highest BCUT2D eigenvalue weighted by Crippen LogP contribution is 2.18. The minimum absolute atomic E-state index is 0.0555. The normalized spacial score (nSPS) is 18.5. The van der Waals surface area contributed by atoms with E-state index in [1.165, 1.54) is 0 Å². The van der Waals surface area contributed by atoms with Gasteiger partial charge in [0.05, 0.1) is 5.71 Å². The Balaban J connectivity index is 2.14. The van der Waals surface area contributed by atoms with Crippen molar-refractivity contribution in [2.75, 3.05) is 11.6 Å². The molecule has 19 heavy (non-hydrogen) atoms. The molecule has 1 aliphatic heterocycles. The number of hydrogen-bond acceptors (Lipinski definition) is 4. The molecule has 0 aliphatic carbocycles. The molecule has 1 aromatic carbocycles. The van der Waals surface area contributed by atoms with E-state index in [-0.39, 0.29) is 17.1 Å². The van der Waals surface area contributed by atoms with Gasteiger partial charge < -0.3 is 5.32 Å². The Kier molecular flexibility index (Phi) is 4.21. The summed E-state index contributed by atoms with van der Waals surface area (Å²) in [4.78, 5) is 22.4. The summed E-state index contributed by atoms with van der Waals surface area (Å²) in [7, 11) is 0. The third-order valence-corrected chi connectivity index (χ3v) is 3.34. The number of carbonyl (C=O) groups is 2. The third kappa shape index (κ3) is 3.35. The van der Waals surface area contributed by atoms with Crippen LogP contribution in [0.2, 0.25) is 0 Å². The summed E-state index contributed by atoms with van der Waals surface area (Å²) in [6, 6.07) is 7.44. The number of hydrazone groups is 1. The highest BCUT2D eigenvalue weighted by Gasteiger charge is 2.21. The lowest BCUT2D eigenvalue weighted by Gasteiger charge is -2.19. The van der Waals surface area contributed by atoms with E-state index in [0.717, 1.165) is 28.7 Å². The van der Waals surface area contributed by atoms with Crippen molar-refractivity contribution >= 4 is 34.3 Å². The Morgan fingerprint density at radius 3 is 2.68 bits per heavy atom. The van der Waals surface area contributed by atoms with Gasteiger partial charge in [0.2, 0.25) is 5.91 Å². The summed E-state index contributed by atoms with van der Waals surface area (Å²) >= 11 is 1.13. The molecule has 1 atom stereocenters. The van der Waals surface area contributed by atoms with Crippen molar-refractivity contribution in [3.8, 4) is 0 Å². The average Bonchev–Trinajstić information content (AvgIpc) is 2.40. The minimum Gasteiger partial charge on any atom is -0.317 e. The molecule has 0 fully saturated rings. The van der Waals surface area contributed by atoms with Crippen LogP contribution in [0.4, 0.5) is 10.5 Å². The van der Waals surface area contributed by atoms with E-state index in [2.05, 4.69) is 15.8 Å². The molecule has 0 saturated carbocycles. The smallest absolute Gasteiger partial charge is 0.283 e. The number of rotatable bonds is 2. The number of nitrogens with zero attached hydrogens (tertiary/aromatic N) is 1. The van der Waals surface area contributed by atoms with Crippen LogP contribution in [-0.2, 0) is 4.79 Å². The van der Waals surface area contributed by atoms with Crippen LogP contribution in [0, 0.1) is 5.92 Å². The molecule has 2 N–H and O–H groups in total. The van der Waals surface area contributed by atoms with Gasteiger partial charge in [-0.05, 0) is 24.0 Å². The average molecular weight is 277 g/mol. The van der Waals surface area contributed by atoms with E-state index in [9.17, 15) is 9.59 Å². The fourth-order valence-electron chi connectivity index (χ4n) is 1.90. The van der Waals surface area contributed by atoms with Crippen LogP contribution in [0.1, 0.15) is 18.9 Å². The molecule has 0 spiro atoms. The van der Waals surface area contributed by atoms with Gasteiger partial charge in [0, 0.05) is 18.0 Å². The molecule has 1 heterocycles. The Morgan fingerprint density at radius 1 is 1.42 bits per heavy atom. The third-order valence-electron chi connectivity index (χ3n) is 2.87. The summed E-state index contributed by atoms with van der Waals surface area (Å²) < 4.78 is 0. The molecule has 0 aromatic heterocycles. The lowest BCUT2D eigenvalue weighted by molar-refractivity contribution is -0.121. The molecule has 0 bridgehead atoms. The van der Waals surface area contributed by atoms with Gasteiger partial charge >= 0.3 is 0 Å². The van der Waals surface area contributed by atoms with Gasteiger partial charge in [-0.15, -0.1) is 0 Å². The maximum absolute atomic E-state index is 11.2. The Morgan fingerprint density at radius 2 is 2.11 bits per heavy atom. The van der Waals surface area contributed by atoms with Crippen molar-refractivity contribution in [1.82, 2.24) is 5.43 Å². The van der Waals surface area contributed by atoms with Gasteiger partial charge in [0.1, 0.15) is 0 Å². The number of amides is 2. The van der Waals surface area contributed by atoms with Gasteiger partial charge in [-0.3, -0.25) is 9.59 Å². The molecular formula is C13H15N3O2S. The Labute approximate surface area is 115 Å². The molecule has 6 heteroatoms. The summed E-state index contributed by atoms with van der Waals surface area (Å²) in [6.07, 6.45) is 2.18. The number of hydrogen-bond donors (Lipinski definition) is 2. The van der Waals surface area contributed by atoms with Crippen molar-refractivity contribution in [3.63, 3.8) is 0 Å². The summed E-state index contributed by atoms with van der Waals surface area (Å²) in [5.74, 6) is 0.0421. The lowest BCUT2D eigenvalue weighted by atomic mass is 9.94. The van der Waals surface area contributed by atoms with Crippen molar-refractivity contribution < 1.29 is 9.59 Å². The second-order valence-corrected chi connectivity index (χ2v) is 5.11. The van der Waals surface area contributed by atoms with E-state index >= 15 is 0 Å². The first-order chi connectivity index (χ1) is 9.10. The van der Waals surface area contributed by atoms with E-state index < -0.39 is 0 Å². The zero-order chi connectivity index (χ0) is 13.8. The van der Waals surface area contributed by atoms with Crippen LogP contribution in [-0.4, -0.2) is 23.1 Å². The van der Waals surface area contributed by atoms with Gasteiger partial charge in [-0.1, -0.05) is 30.8 Å². The molecule has 1 aromatic rings. The van der Waals surface area contributed by atoms with E-state index in [4.69, 9.17) is 0 Å². The fraction of sp³-hybridized carbons (Fsp3) is 0.308. The zero-order valence-corrected chi connectivity index (χ0v) is 11.6. The molecule has 0 radical (unpaired) electrons. The van der Waals surface area contributed by atoms with Crippen LogP contribution in [0.5, 0.6) is 0 Å². The van der Waals surface area contributed by atoms with E-state index in [0.29, 0.717) is 6.42 Å². The number of carbonyl (C=O) groups excluding carboxylic acids is 2. The SMILES string of the molecule is CSC(=O)Nc1ccc(C2=NNC(=O)CC2C)cc1. The number of nitrogens with one attached hydrogen (secondary N) is 2. The van der Waals surface area contributed by atoms with Crippen LogP contribution in [0.15, 0.2) is 29.4 Å². The van der Waals surface area contributed by atoms with Crippen LogP contribution < -0.4 is 10.7 Å². The summed E-state index contributed by atoms with van der Waals surface area (Å²) in [5.41, 5.74) is 5.06. The number of anilines is 1. The molecule has 0 saturated heterocycles. The van der Waals surface area contributed by atoms with Crippen molar-refractivity contribution in [2.24, 2.45) is 11.0 Å². The first kappa shape index (κ1) is 13.6. The molecule has 1 unspecified atom stereocenters. The Bertz CT molecular complexity index is 525. The van der Waals surface area contributed by atoms with Gasteiger partial charge in [0.15, 0.2) is 0 Å². The second-order valence-electron chi connectivity index (χ2n) is 4.33. The Hall–Kier alpha value is -1.82. The maximum atomic E-state index is 11.2. The van der Waals surface area contributed by atoms with E-state index in [1.807, 2.05) is 31.2 Å².